The molecule has 0 heterocycles. The summed E-state index contributed by atoms with van der Waals surface area (Å²) in [6.07, 6.45) is 0. The Morgan fingerprint density at radius 3 is 1.00 bits per heavy atom. The molecule has 0 saturated carbocycles. The number of rotatable bonds is 7. The van der Waals surface area contributed by atoms with Gasteiger partial charge >= 0.3 is 7.32 Å². The van der Waals surface area contributed by atoms with Gasteiger partial charge in [0.1, 0.15) is 11.5 Å². The van der Waals surface area contributed by atoms with Gasteiger partial charge in [0.2, 0.25) is 0 Å². The van der Waals surface area contributed by atoms with Crippen LogP contribution in [0.4, 0.5) is 0 Å². The van der Waals surface area contributed by atoms with E-state index < -0.39 is 7.32 Å². The second-order valence-electron chi connectivity index (χ2n) is 9.56. The third-order valence-corrected chi connectivity index (χ3v) is 9.34. The van der Waals surface area contributed by atoms with Gasteiger partial charge in [0.05, 0.1) is 0 Å². The second-order valence-corrected chi connectivity index (χ2v) is 11.1. The highest BCUT2D eigenvalue weighted by atomic mass is 35.5. The third kappa shape index (κ3) is 5.77. The molecule has 0 aliphatic rings. The van der Waals surface area contributed by atoms with Crippen LogP contribution < -0.4 is 9.31 Å². The average molecular weight is 602 g/mol. The van der Waals surface area contributed by atoms with Crippen LogP contribution in [0.25, 0.3) is 22.3 Å². The molecular weight excluding hydrogens is 573 g/mol. The Kier molecular flexibility index (Phi) is 9.15. The summed E-state index contributed by atoms with van der Waals surface area (Å²) in [4.78, 5) is 0. The molecule has 4 aromatic rings. The highest BCUT2D eigenvalue weighted by Gasteiger charge is 2.26. The first-order valence-electron chi connectivity index (χ1n) is 12.4. The lowest BCUT2D eigenvalue weighted by molar-refractivity contribution is 0.247. The van der Waals surface area contributed by atoms with Gasteiger partial charge < -0.3 is 14.0 Å². The number of hydrogen-bond donors (Lipinski definition) is 0. The van der Waals surface area contributed by atoms with E-state index in [9.17, 15) is 0 Å². The Balaban J connectivity index is 1.51. The lowest BCUT2D eigenvalue weighted by atomic mass is 9.93. The molecule has 0 fully saturated rings. The fourth-order valence-corrected chi connectivity index (χ4v) is 5.78. The van der Waals surface area contributed by atoms with Gasteiger partial charge in [-0.25, -0.2) is 0 Å². The minimum Gasteiger partial charge on any atom is -0.501 e. The molecule has 0 aliphatic carbocycles. The Morgan fingerprint density at radius 2 is 0.744 bits per heavy atom. The molecule has 0 atom stereocenters. The molecule has 0 bridgehead atoms. The molecule has 202 valence electrons. The predicted octanol–water partition coefficient (Wildman–Crippen LogP) is 10.6. The van der Waals surface area contributed by atoms with Crippen LogP contribution in [0.5, 0.6) is 11.5 Å². The van der Waals surface area contributed by atoms with Crippen molar-refractivity contribution in [1.82, 2.24) is 0 Å². The van der Waals surface area contributed by atoms with Crippen LogP contribution in [0.15, 0.2) is 48.5 Å². The van der Waals surface area contributed by atoms with E-state index in [0.29, 0.717) is 31.6 Å². The van der Waals surface area contributed by atoms with E-state index in [-0.39, 0.29) is 0 Å². The van der Waals surface area contributed by atoms with E-state index in [1.807, 2.05) is 90.1 Å². The minimum absolute atomic E-state index is 0.594. The fraction of sp³-hybridized carbons (Fsp3) is 0.226. The molecule has 0 unspecified atom stereocenters. The molecule has 3 nitrogen and oxygen atoms in total. The van der Waals surface area contributed by atoms with Crippen LogP contribution in [0.2, 0.25) is 20.1 Å². The smallest absolute Gasteiger partial charge is 0.501 e. The van der Waals surface area contributed by atoms with E-state index in [4.69, 9.17) is 60.4 Å². The summed E-state index contributed by atoms with van der Waals surface area (Å²) < 4.78 is 17.3. The first-order chi connectivity index (χ1) is 18.5. The van der Waals surface area contributed by atoms with Gasteiger partial charge in [-0.05, 0) is 121 Å². The van der Waals surface area contributed by atoms with Crippen LogP contribution in [0, 0.1) is 41.5 Å². The standard InChI is InChI=1S/C31H29BCl4O3/c1-16-26(17(2)29(34)20(5)28(16)33)22-8-12-24(13-9-22)38-32(37-7)39-25-14-10-23(11-15-25)27-18(3)30(35)21(6)31(36)19(27)4/h8-15H,1-7H3. The lowest BCUT2D eigenvalue weighted by Gasteiger charge is -2.18. The van der Waals surface area contributed by atoms with E-state index in [0.717, 1.165) is 55.6 Å². The molecule has 0 aliphatic heterocycles. The Bertz CT molecular complexity index is 1360. The topological polar surface area (TPSA) is 27.7 Å². The maximum atomic E-state index is 6.53. The Morgan fingerprint density at radius 1 is 0.462 bits per heavy atom. The SMILES string of the molecule is COB(Oc1ccc(-c2c(C)c(Cl)c(C)c(Cl)c2C)cc1)Oc1ccc(-c2c(C)c(Cl)c(C)c(Cl)c2C)cc1. The first kappa shape index (κ1) is 29.6. The number of halogens is 4. The third-order valence-electron chi connectivity index (χ3n) is 7.08. The quantitative estimate of drug-likeness (QED) is 0.197. The van der Waals surface area contributed by atoms with Crippen LogP contribution in [-0.4, -0.2) is 14.4 Å². The first-order valence-corrected chi connectivity index (χ1v) is 13.9. The van der Waals surface area contributed by atoms with Crippen LogP contribution in [0.3, 0.4) is 0 Å². The molecule has 8 heteroatoms. The van der Waals surface area contributed by atoms with Crippen molar-refractivity contribution in [1.29, 1.82) is 0 Å². The summed E-state index contributed by atoms with van der Waals surface area (Å²) in [7, 11) is 0.583. The van der Waals surface area contributed by atoms with Gasteiger partial charge in [0, 0.05) is 27.2 Å². The molecule has 0 N–H and O–H groups in total. The highest BCUT2D eigenvalue weighted by molar-refractivity contribution is 6.39. The van der Waals surface area contributed by atoms with Gasteiger partial charge in [-0.1, -0.05) is 70.7 Å². The second kappa shape index (κ2) is 12.0. The van der Waals surface area contributed by atoms with Crippen molar-refractivity contribution in [2.75, 3.05) is 7.11 Å². The van der Waals surface area contributed by atoms with Crippen molar-refractivity contribution in [3.63, 3.8) is 0 Å². The van der Waals surface area contributed by atoms with Crippen molar-refractivity contribution in [3.8, 4) is 33.8 Å². The average Bonchev–Trinajstić information content (AvgIpc) is 2.94. The summed E-state index contributed by atoms with van der Waals surface area (Å²) in [5.41, 5.74) is 9.77. The summed E-state index contributed by atoms with van der Waals surface area (Å²) in [5.74, 6) is 1.19. The van der Waals surface area contributed by atoms with Crippen LogP contribution in [-0.2, 0) is 4.65 Å². The molecule has 0 aromatic heterocycles. The van der Waals surface area contributed by atoms with E-state index in [1.54, 1.807) is 0 Å². The van der Waals surface area contributed by atoms with E-state index >= 15 is 0 Å². The molecular formula is C31H29BCl4O3. The lowest BCUT2D eigenvalue weighted by Crippen LogP contribution is -2.32. The number of benzene rings is 4. The van der Waals surface area contributed by atoms with Crippen LogP contribution in [0.1, 0.15) is 33.4 Å². The minimum atomic E-state index is -0.944. The molecule has 0 spiro atoms. The van der Waals surface area contributed by atoms with Gasteiger partial charge in [-0.2, -0.15) is 0 Å². The summed E-state index contributed by atoms with van der Waals surface area (Å²) in [6.45, 7) is 11.9. The normalized spacial score (nSPS) is 11.1. The number of hydrogen-bond acceptors (Lipinski definition) is 3. The largest absolute Gasteiger partial charge is 0.787 e. The van der Waals surface area contributed by atoms with Gasteiger partial charge in [0.15, 0.2) is 0 Å². The highest BCUT2D eigenvalue weighted by Crippen LogP contribution is 2.41. The predicted molar refractivity (Wildman–Crippen MR) is 166 cm³/mol. The zero-order valence-electron chi connectivity index (χ0n) is 22.9. The van der Waals surface area contributed by atoms with Crippen LogP contribution >= 0.6 is 46.4 Å². The Labute approximate surface area is 251 Å². The molecule has 0 amide bonds. The van der Waals surface area contributed by atoms with Gasteiger partial charge in [0.25, 0.3) is 0 Å². The molecule has 0 radical (unpaired) electrons. The maximum Gasteiger partial charge on any atom is 0.787 e. The molecule has 4 aromatic carbocycles. The summed E-state index contributed by atoms with van der Waals surface area (Å²) >= 11 is 26.1. The van der Waals surface area contributed by atoms with Gasteiger partial charge in [-0.3, -0.25) is 0 Å². The fourth-order valence-electron chi connectivity index (χ4n) is 4.93. The zero-order chi connectivity index (χ0) is 28.6. The zero-order valence-corrected chi connectivity index (χ0v) is 26.0. The molecule has 39 heavy (non-hydrogen) atoms. The van der Waals surface area contributed by atoms with E-state index in [1.165, 1.54) is 7.11 Å². The summed E-state index contributed by atoms with van der Waals surface area (Å²) in [6, 6.07) is 15.3. The molecule has 0 saturated heterocycles. The summed E-state index contributed by atoms with van der Waals surface area (Å²) in [5, 5.41) is 2.72. The van der Waals surface area contributed by atoms with Crippen molar-refractivity contribution in [2.45, 2.75) is 41.5 Å². The monoisotopic (exact) mass is 600 g/mol. The van der Waals surface area contributed by atoms with Crippen molar-refractivity contribution in [2.24, 2.45) is 0 Å². The van der Waals surface area contributed by atoms with Crippen molar-refractivity contribution >= 4 is 53.7 Å². The molecule has 4 rings (SSSR count). The van der Waals surface area contributed by atoms with E-state index in [2.05, 4.69) is 0 Å². The van der Waals surface area contributed by atoms with Crippen molar-refractivity contribution in [3.05, 3.63) is 102 Å². The Hall–Kier alpha value is -2.34. The van der Waals surface area contributed by atoms with Crippen molar-refractivity contribution < 1.29 is 14.0 Å². The maximum absolute atomic E-state index is 6.53. The van der Waals surface area contributed by atoms with Gasteiger partial charge in [-0.15, -0.1) is 0 Å².